The van der Waals surface area contributed by atoms with Gasteiger partial charge in [-0.2, -0.15) is 0 Å². The van der Waals surface area contributed by atoms with Crippen molar-refractivity contribution in [2.45, 2.75) is 101 Å². The normalized spacial score (nSPS) is 22.2. The van der Waals surface area contributed by atoms with E-state index >= 15 is 0 Å². The van der Waals surface area contributed by atoms with E-state index in [2.05, 4.69) is 70.5 Å². The monoisotopic (exact) mass is 348 g/mol. The topological polar surface area (TPSA) is 15.3 Å². The summed E-state index contributed by atoms with van der Waals surface area (Å²) in [6.45, 7) is 25.2. The average Bonchev–Trinajstić information content (AvgIpc) is 2.97. The minimum atomic E-state index is -0.0221. The lowest BCUT2D eigenvalue weighted by Gasteiger charge is -2.37. The Morgan fingerprint density at radius 1 is 1.12 bits per heavy atom. The van der Waals surface area contributed by atoms with E-state index in [1.807, 2.05) is 33.9 Å². The fraction of sp³-hybridized carbons (Fsp3) is 0.652. The van der Waals surface area contributed by atoms with E-state index in [-0.39, 0.29) is 5.66 Å². The van der Waals surface area contributed by atoms with Gasteiger partial charge in [0.1, 0.15) is 5.66 Å². The minimum Gasteiger partial charge on any atom is -0.361 e. The van der Waals surface area contributed by atoms with Crippen LogP contribution in [0.1, 0.15) is 94.9 Å². The molecule has 1 aliphatic rings. The van der Waals surface area contributed by atoms with Crippen LogP contribution in [0.15, 0.2) is 47.5 Å². The molecule has 1 heterocycles. The third kappa shape index (κ3) is 6.76. The third-order valence-corrected chi connectivity index (χ3v) is 4.20. The van der Waals surface area contributed by atoms with E-state index in [1.165, 1.54) is 35.4 Å². The summed E-state index contributed by atoms with van der Waals surface area (Å²) in [5.41, 5.74) is 5.09. The molecule has 0 aromatic carbocycles. The number of nitrogens with zero attached hydrogens (tertiary/aromatic N) is 1. The first-order valence-corrected chi connectivity index (χ1v) is 10.2. The van der Waals surface area contributed by atoms with Gasteiger partial charge in [-0.15, -0.1) is 0 Å². The van der Waals surface area contributed by atoms with Crippen LogP contribution in [0.3, 0.4) is 0 Å². The van der Waals surface area contributed by atoms with Gasteiger partial charge in [0.05, 0.1) is 11.4 Å². The molecule has 1 fully saturated rings. The summed E-state index contributed by atoms with van der Waals surface area (Å²) in [6.07, 6.45) is 11.0. The van der Waals surface area contributed by atoms with Crippen molar-refractivity contribution in [2.24, 2.45) is 0 Å². The molecule has 0 amide bonds. The Hall–Kier alpha value is -1.44. The summed E-state index contributed by atoms with van der Waals surface area (Å²) < 4.78 is 0. The quantitative estimate of drug-likeness (QED) is 0.533. The third-order valence-electron chi connectivity index (χ3n) is 4.20. The number of rotatable bonds is 6. The van der Waals surface area contributed by atoms with Gasteiger partial charge in [-0.25, -0.2) is 0 Å². The molecular formula is C23H44N2. The molecule has 1 aliphatic heterocycles. The van der Waals surface area contributed by atoms with Crippen LogP contribution in [0.2, 0.25) is 0 Å². The SMILES string of the molecule is C=CN1C(=C(/C)C=C(C)C)/C(=C\C)NC1(CC)CCCC.CC.CC. The summed E-state index contributed by atoms with van der Waals surface area (Å²) in [5.74, 6) is 0. The fourth-order valence-corrected chi connectivity index (χ4v) is 3.18. The molecule has 25 heavy (non-hydrogen) atoms. The smallest absolute Gasteiger partial charge is 0.114 e. The number of allylic oxidation sites excluding steroid dienone is 4. The predicted molar refractivity (Wildman–Crippen MR) is 116 cm³/mol. The zero-order valence-corrected chi connectivity index (χ0v) is 18.7. The molecule has 2 heteroatoms. The van der Waals surface area contributed by atoms with Gasteiger partial charge in [-0.3, -0.25) is 0 Å². The van der Waals surface area contributed by atoms with Crippen LogP contribution in [0.5, 0.6) is 0 Å². The van der Waals surface area contributed by atoms with E-state index in [0.717, 1.165) is 12.8 Å². The van der Waals surface area contributed by atoms with E-state index in [0.29, 0.717) is 0 Å². The van der Waals surface area contributed by atoms with Crippen LogP contribution in [-0.4, -0.2) is 10.6 Å². The second-order valence-electron chi connectivity index (χ2n) is 6.12. The molecule has 0 spiro atoms. The Kier molecular flexibility index (Phi) is 14.2. The number of nitrogens with one attached hydrogen (secondary N) is 1. The summed E-state index contributed by atoms with van der Waals surface area (Å²) in [5, 5.41) is 3.77. The molecule has 0 aromatic rings. The van der Waals surface area contributed by atoms with Gasteiger partial charge in [0.25, 0.3) is 0 Å². The maximum atomic E-state index is 4.08. The summed E-state index contributed by atoms with van der Waals surface area (Å²) >= 11 is 0. The Morgan fingerprint density at radius 2 is 1.68 bits per heavy atom. The first-order chi connectivity index (χ1) is 12.0. The highest BCUT2D eigenvalue weighted by Crippen LogP contribution is 2.39. The van der Waals surface area contributed by atoms with Crippen molar-refractivity contribution >= 4 is 0 Å². The van der Waals surface area contributed by atoms with Gasteiger partial charge in [0.15, 0.2) is 0 Å². The summed E-state index contributed by atoms with van der Waals surface area (Å²) in [7, 11) is 0. The van der Waals surface area contributed by atoms with E-state index in [9.17, 15) is 0 Å². The van der Waals surface area contributed by atoms with Gasteiger partial charge in [0.2, 0.25) is 0 Å². The van der Waals surface area contributed by atoms with Crippen molar-refractivity contribution in [1.82, 2.24) is 10.2 Å². The molecule has 1 N–H and O–H groups in total. The lowest BCUT2D eigenvalue weighted by Crippen LogP contribution is -2.48. The van der Waals surface area contributed by atoms with Crippen LogP contribution < -0.4 is 5.32 Å². The van der Waals surface area contributed by atoms with Crippen molar-refractivity contribution in [3.05, 3.63) is 47.5 Å². The van der Waals surface area contributed by atoms with Gasteiger partial charge in [0, 0.05) is 0 Å². The summed E-state index contributed by atoms with van der Waals surface area (Å²) in [6, 6.07) is 0. The molecule has 1 saturated heterocycles. The molecular weight excluding hydrogens is 304 g/mol. The first kappa shape index (κ1) is 25.8. The predicted octanol–water partition coefficient (Wildman–Crippen LogP) is 7.53. The van der Waals surface area contributed by atoms with Gasteiger partial charge >= 0.3 is 0 Å². The fourth-order valence-electron chi connectivity index (χ4n) is 3.18. The largest absolute Gasteiger partial charge is 0.361 e. The molecule has 2 nitrogen and oxygen atoms in total. The molecule has 1 atom stereocenters. The Bertz CT molecular complexity index is 464. The molecule has 0 bridgehead atoms. The lowest BCUT2D eigenvalue weighted by molar-refractivity contribution is 0.170. The van der Waals surface area contributed by atoms with E-state index in [1.54, 1.807) is 0 Å². The Balaban J connectivity index is 0. The Morgan fingerprint density at radius 3 is 2.04 bits per heavy atom. The molecule has 146 valence electrons. The van der Waals surface area contributed by atoms with Crippen molar-refractivity contribution in [3.63, 3.8) is 0 Å². The molecule has 0 aromatic heterocycles. The van der Waals surface area contributed by atoms with Crippen LogP contribution in [0.4, 0.5) is 0 Å². The first-order valence-electron chi connectivity index (χ1n) is 10.2. The van der Waals surface area contributed by atoms with E-state index in [4.69, 9.17) is 0 Å². The number of unbranched alkanes of at least 4 members (excludes halogenated alkanes) is 1. The van der Waals surface area contributed by atoms with Crippen LogP contribution >= 0.6 is 0 Å². The highest BCUT2D eigenvalue weighted by Gasteiger charge is 2.42. The van der Waals surface area contributed by atoms with Gasteiger partial charge in [-0.05, 0) is 58.7 Å². The Labute approximate surface area is 158 Å². The molecule has 0 aliphatic carbocycles. The summed E-state index contributed by atoms with van der Waals surface area (Å²) in [4.78, 5) is 2.35. The van der Waals surface area contributed by atoms with Crippen molar-refractivity contribution in [1.29, 1.82) is 0 Å². The molecule has 1 rings (SSSR count). The van der Waals surface area contributed by atoms with Crippen molar-refractivity contribution in [2.75, 3.05) is 0 Å². The zero-order valence-electron chi connectivity index (χ0n) is 18.7. The molecule has 0 saturated carbocycles. The zero-order chi connectivity index (χ0) is 20.0. The highest BCUT2D eigenvalue weighted by atomic mass is 15.4. The molecule has 0 radical (unpaired) electrons. The number of hydrogen-bond donors (Lipinski definition) is 1. The standard InChI is InChI=1S/C19H32N2.2C2H6/c1-8-12-13-19(10-3)20-17(9-2)18(21(19)11-4)16(7)14-15(5)6;2*1-2/h9,11,14,20H,4,8,10,12-13H2,1-3,5-7H3;2*1-2H3/b17-9+,18-16-;;. The second kappa shape index (κ2) is 13.8. The van der Waals surface area contributed by atoms with Gasteiger partial charge < -0.3 is 10.2 Å². The second-order valence-corrected chi connectivity index (χ2v) is 6.12. The average molecular weight is 349 g/mol. The van der Waals surface area contributed by atoms with Gasteiger partial charge in [-0.1, -0.05) is 72.3 Å². The van der Waals surface area contributed by atoms with E-state index < -0.39 is 0 Å². The maximum Gasteiger partial charge on any atom is 0.114 e. The van der Waals surface area contributed by atoms with Crippen LogP contribution in [0.25, 0.3) is 0 Å². The van der Waals surface area contributed by atoms with Crippen LogP contribution in [0, 0.1) is 0 Å². The van der Waals surface area contributed by atoms with Crippen molar-refractivity contribution < 1.29 is 0 Å². The number of hydrogen-bond acceptors (Lipinski definition) is 2. The lowest BCUT2D eigenvalue weighted by atomic mass is 9.98. The minimum absolute atomic E-state index is 0.0221. The maximum absolute atomic E-state index is 4.08. The molecule has 1 unspecified atom stereocenters. The highest BCUT2D eigenvalue weighted by molar-refractivity contribution is 5.44. The van der Waals surface area contributed by atoms with Crippen LogP contribution in [-0.2, 0) is 0 Å². The van der Waals surface area contributed by atoms with Crippen molar-refractivity contribution in [3.8, 4) is 0 Å².